The summed E-state index contributed by atoms with van der Waals surface area (Å²) in [5.74, 6) is -2.45. The fourth-order valence-electron chi connectivity index (χ4n) is 4.94. The van der Waals surface area contributed by atoms with Crippen molar-refractivity contribution in [2.24, 2.45) is 10.8 Å². The van der Waals surface area contributed by atoms with E-state index >= 15 is 0 Å². The van der Waals surface area contributed by atoms with Crippen molar-refractivity contribution in [1.29, 1.82) is 0 Å². The summed E-state index contributed by atoms with van der Waals surface area (Å²) in [6, 6.07) is 11.4. The number of rotatable bonds is 10. The molecule has 3 atom stereocenters. The Bertz CT molecular complexity index is 1300. The van der Waals surface area contributed by atoms with Crippen LogP contribution in [0, 0.1) is 0 Å². The van der Waals surface area contributed by atoms with Crippen LogP contribution in [-0.2, 0) is 38.4 Å². The number of carboxylic acids is 1. The average molecular weight is 535 g/mol. The quantitative estimate of drug-likeness (QED) is 0.220. The molecular formula is C27H30N6O6. The van der Waals surface area contributed by atoms with Crippen molar-refractivity contribution in [3.05, 3.63) is 65.2 Å². The van der Waals surface area contributed by atoms with Crippen LogP contribution in [0.2, 0.25) is 0 Å². The number of carbonyl (C=O) groups is 5. The molecule has 2 aliphatic heterocycles. The van der Waals surface area contributed by atoms with E-state index in [2.05, 4.69) is 15.7 Å². The van der Waals surface area contributed by atoms with Crippen LogP contribution in [0.15, 0.2) is 53.6 Å². The molecule has 0 radical (unpaired) electrons. The van der Waals surface area contributed by atoms with Gasteiger partial charge >= 0.3 is 12.0 Å². The molecule has 0 unspecified atom stereocenters. The minimum Gasteiger partial charge on any atom is -0.481 e. The highest BCUT2D eigenvalue weighted by atomic mass is 16.4. The monoisotopic (exact) mass is 534 g/mol. The predicted octanol–water partition coefficient (Wildman–Crippen LogP) is 0.622. The third kappa shape index (κ3) is 6.78. The summed E-state index contributed by atoms with van der Waals surface area (Å²) in [4.78, 5) is 63.5. The second-order valence-electron chi connectivity index (χ2n) is 9.46. The number of carbonyl (C=O) groups excluding carboxylic acids is 4. The van der Waals surface area contributed by atoms with E-state index in [0.717, 1.165) is 22.9 Å². The van der Waals surface area contributed by atoms with E-state index in [0.29, 0.717) is 24.9 Å². The lowest BCUT2D eigenvalue weighted by molar-refractivity contribution is -0.137. The zero-order valence-electron chi connectivity index (χ0n) is 21.1. The van der Waals surface area contributed by atoms with Gasteiger partial charge in [-0.15, -0.1) is 0 Å². The molecule has 4 rings (SSSR count). The standard InChI is InChI=1S/C27H30N6O6/c28-27(39)32-29-15-19(14-23(35)36)30-25(37)21-13-18-8-4-7-17-10-11-20(26(38)33(21)24(17)18)31-22(34)12-9-16-5-2-1-3-6-16/h1-8,15,19-21H,9-14H2,(H,30,37)(H,31,34)(H,35,36)(H3,28,32,39)/b29-15+/t19-,20-,21-/m0/s1. The van der Waals surface area contributed by atoms with Gasteiger partial charge in [0.2, 0.25) is 17.7 Å². The minimum absolute atomic E-state index is 0.214. The average Bonchev–Trinajstić information content (AvgIpc) is 3.23. The van der Waals surface area contributed by atoms with E-state index in [4.69, 9.17) is 5.73 Å². The zero-order valence-corrected chi connectivity index (χ0v) is 21.1. The number of carboxylic acid groups (broad SMARTS) is 1. The first-order valence-corrected chi connectivity index (χ1v) is 12.6. The topological polar surface area (TPSA) is 183 Å². The van der Waals surface area contributed by atoms with Gasteiger partial charge in [-0.05, 0) is 36.0 Å². The van der Waals surface area contributed by atoms with Crippen molar-refractivity contribution < 1.29 is 29.1 Å². The molecule has 0 saturated heterocycles. The van der Waals surface area contributed by atoms with Gasteiger partial charge in [0.05, 0.1) is 18.2 Å². The molecule has 2 aromatic rings. The summed E-state index contributed by atoms with van der Waals surface area (Å²) in [5.41, 5.74) is 10.3. The molecule has 0 fully saturated rings. The van der Waals surface area contributed by atoms with Crippen LogP contribution < -0.4 is 26.7 Å². The van der Waals surface area contributed by atoms with Crippen molar-refractivity contribution >= 4 is 41.6 Å². The molecule has 0 bridgehead atoms. The molecule has 0 aliphatic carbocycles. The normalized spacial score (nSPS) is 18.7. The van der Waals surface area contributed by atoms with Crippen LogP contribution in [-0.4, -0.2) is 59.2 Å². The lowest BCUT2D eigenvalue weighted by Gasteiger charge is -2.28. The largest absolute Gasteiger partial charge is 0.481 e. The predicted molar refractivity (Wildman–Crippen MR) is 142 cm³/mol. The number of hydrogen-bond acceptors (Lipinski definition) is 6. The Morgan fingerprint density at radius 1 is 1.10 bits per heavy atom. The van der Waals surface area contributed by atoms with Gasteiger partial charge in [0.25, 0.3) is 0 Å². The SMILES string of the molecule is NC(=O)N/N=C/[C@H](CC(=O)O)NC(=O)[C@@H]1Cc2cccc3c2N1C(=O)[C@@H](NC(=O)CCc1ccccc1)CC3. The van der Waals surface area contributed by atoms with Crippen molar-refractivity contribution in [1.82, 2.24) is 16.1 Å². The Morgan fingerprint density at radius 3 is 2.56 bits per heavy atom. The Kier molecular flexibility index (Phi) is 8.54. The van der Waals surface area contributed by atoms with Crippen LogP contribution in [0.4, 0.5) is 10.5 Å². The summed E-state index contributed by atoms with van der Waals surface area (Å²) in [7, 11) is 0. The minimum atomic E-state index is -1.20. The smallest absolute Gasteiger partial charge is 0.332 e. The van der Waals surface area contributed by atoms with Gasteiger partial charge in [-0.3, -0.25) is 24.1 Å². The Hall–Kier alpha value is -4.74. The Labute approximate surface area is 224 Å². The molecule has 2 heterocycles. The molecule has 5 amide bonds. The molecule has 0 saturated carbocycles. The van der Waals surface area contributed by atoms with Crippen LogP contribution in [0.3, 0.4) is 0 Å². The first kappa shape index (κ1) is 27.3. The molecule has 204 valence electrons. The number of aryl methyl sites for hydroxylation is 2. The van der Waals surface area contributed by atoms with Crippen molar-refractivity contribution in [3.8, 4) is 0 Å². The maximum atomic E-state index is 13.8. The van der Waals surface area contributed by atoms with Crippen LogP contribution in [0.25, 0.3) is 0 Å². The number of benzene rings is 2. The number of nitrogens with zero attached hydrogens (tertiary/aromatic N) is 2. The Morgan fingerprint density at radius 2 is 1.85 bits per heavy atom. The molecule has 2 aliphatic rings. The third-order valence-electron chi connectivity index (χ3n) is 6.68. The number of para-hydroxylation sites is 1. The van der Waals surface area contributed by atoms with E-state index in [-0.39, 0.29) is 18.7 Å². The number of nitrogens with one attached hydrogen (secondary N) is 3. The molecule has 12 nitrogen and oxygen atoms in total. The maximum absolute atomic E-state index is 13.8. The molecule has 39 heavy (non-hydrogen) atoms. The fraction of sp³-hybridized carbons (Fsp3) is 0.333. The molecule has 2 aromatic carbocycles. The van der Waals surface area contributed by atoms with Crippen LogP contribution >= 0.6 is 0 Å². The number of hydrogen-bond donors (Lipinski definition) is 5. The number of urea groups is 1. The van der Waals surface area contributed by atoms with Crippen molar-refractivity contribution in [2.45, 2.75) is 56.7 Å². The van der Waals surface area contributed by atoms with Gasteiger partial charge in [0.1, 0.15) is 12.1 Å². The number of anilines is 1. The van der Waals surface area contributed by atoms with Gasteiger partial charge in [-0.1, -0.05) is 48.5 Å². The summed E-state index contributed by atoms with van der Waals surface area (Å²) < 4.78 is 0. The molecule has 0 spiro atoms. The van der Waals surface area contributed by atoms with E-state index in [1.54, 1.807) is 0 Å². The van der Waals surface area contributed by atoms with E-state index in [1.807, 2.05) is 54.0 Å². The summed E-state index contributed by atoms with van der Waals surface area (Å²) >= 11 is 0. The summed E-state index contributed by atoms with van der Waals surface area (Å²) in [6.07, 6.45) is 2.45. The summed E-state index contributed by atoms with van der Waals surface area (Å²) in [5, 5.41) is 18.3. The second kappa shape index (κ2) is 12.2. The first-order chi connectivity index (χ1) is 18.7. The Balaban J connectivity index is 1.51. The van der Waals surface area contributed by atoms with Gasteiger partial charge in [-0.25, -0.2) is 10.2 Å². The number of nitrogens with two attached hydrogens (primary N) is 1. The number of hydrazone groups is 1. The van der Waals surface area contributed by atoms with Gasteiger partial charge < -0.3 is 21.5 Å². The van der Waals surface area contributed by atoms with Gasteiger partial charge in [0, 0.05) is 19.1 Å². The molecule has 12 heteroatoms. The van der Waals surface area contributed by atoms with Gasteiger partial charge in [-0.2, -0.15) is 5.10 Å². The lowest BCUT2D eigenvalue weighted by atomic mass is 10.0. The number of primary amides is 1. The van der Waals surface area contributed by atoms with E-state index in [9.17, 15) is 29.1 Å². The summed E-state index contributed by atoms with van der Waals surface area (Å²) in [6.45, 7) is 0. The lowest BCUT2D eigenvalue weighted by Crippen LogP contribution is -2.56. The second-order valence-corrected chi connectivity index (χ2v) is 9.46. The van der Waals surface area contributed by atoms with E-state index < -0.39 is 48.4 Å². The molecule has 0 aromatic heterocycles. The number of amides is 5. The fourth-order valence-corrected chi connectivity index (χ4v) is 4.94. The third-order valence-corrected chi connectivity index (χ3v) is 6.68. The number of aliphatic carboxylic acids is 1. The maximum Gasteiger partial charge on any atom is 0.332 e. The highest BCUT2D eigenvalue weighted by Crippen LogP contribution is 2.39. The highest BCUT2D eigenvalue weighted by molar-refractivity contribution is 6.08. The molecular weight excluding hydrogens is 504 g/mol. The zero-order chi connectivity index (χ0) is 27.9. The van der Waals surface area contributed by atoms with E-state index in [1.165, 1.54) is 4.90 Å². The van der Waals surface area contributed by atoms with Crippen LogP contribution in [0.5, 0.6) is 0 Å². The van der Waals surface area contributed by atoms with Crippen molar-refractivity contribution in [2.75, 3.05) is 4.90 Å². The van der Waals surface area contributed by atoms with Crippen LogP contribution in [0.1, 0.15) is 36.0 Å². The van der Waals surface area contributed by atoms with Crippen molar-refractivity contribution in [3.63, 3.8) is 0 Å². The first-order valence-electron chi connectivity index (χ1n) is 12.6. The highest BCUT2D eigenvalue weighted by Gasteiger charge is 2.44. The molecule has 6 N–H and O–H groups in total. The van der Waals surface area contributed by atoms with Gasteiger partial charge in [0.15, 0.2) is 0 Å².